The molecule has 1 fully saturated rings. The van der Waals surface area contributed by atoms with Crippen LogP contribution in [0.3, 0.4) is 0 Å². The van der Waals surface area contributed by atoms with Gasteiger partial charge in [-0.05, 0) is 35.7 Å². The van der Waals surface area contributed by atoms with Crippen molar-refractivity contribution in [3.63, 3.8) is 0 Å². The lowest BCUT2D eigenvalue weighted by atomic mass is 10.2. The second kappa shape index (κ2) is 9.46. The van der Waals surface area contributed by atoms with Gasteiger partial charge in [0, 0.05) is 45.0 Å². The molecule has 7 nitrogen and oxygen atoms in total. The van der Waals surface area contributed by atoms with Crippen molar-refractivity contribution >= 4 is 33.0 Å². The molecule has 3 rings (SSSR count). The van der Waals surface area contributed by atoms with Gasteiger partial charge in [0.25, 0.3) is 10.0 Å². The first kappa shape index (κ1) is 20.7. The maximum Gasteiger partial charge on any atom is 0.250 e. The van der Waals surface area contributed by atoms with Gasteiger partial charge in [-0.2, -0.15) is 0 Å². The number of piperazine rings is 1. The van der Waals surface area contributed by atoms with Crippen molar-refractivity contribution in [2.75, 3.05) is 50.7 Å². The average Bonchev–Trinajstić information content (AvgIpc) is 3.24. The molecule has 1 aliphatic heterocycles. The van der Waals surface area contributed by atoms with Gasteiger partial charge in [0.05, 0.1) is 6.54 Å². The van der Waals surface area contributed by atoms with Gasteiger partial charge in [0.2, 0.25) is 5.91 Å². The molecule has 0 bridgehead atoms. The summed E-state index contributed by atoms with van der Waals surface area (Å²) in [5.41, 5.74) is 1.01. The smallest absolute Gasteiger partial charge is 0.250 e. The molecule has 1 amide bonds. The predicted molar refractivity (Wildman–Crippen MR) is 108 cm³/mol. The van der Waals surface area contributed by atoms with Crippen molar-refractivity contribution in [3.8, 4) is 0 Å². The van der Waals surface area contributed by atoms with E-state index in [0.717, 1.165) is 43.2 Å². The fraction of sp³-hybridized carbons (Fsp3) is 0.389. The lowest BCUT2D eigenvalue weighted by Crippen LogP contribution is -2.49. The fourth-order valence-corrected chi connectivity index (χ4v) is 4.97. The number of hydrogen-bond donors (Lipinski definition) is 2. The highest BCUT2D eigenvalue weighted by Gasteiger charge is 2.18. The summed E-state index contributed by atoms with van der Waals surface area (Å²) in [6.07, 6.45) is 0. The molecule has 0 atom stereocenters. The summed E-state index contributed by atoms with van der Waals surface area (Å²) in [6, 6.07) is 9.63. The molecule has 0 aliphatic carbocycles. The van der Waals surface area contributed by atoms with Gasteiger partial charge in [-0.1, -0.05) is 6.07 Å². The summed E-state index contributed by atoms with van der Waals surface area (Å²) in [6.45, 7) is 4.23. The van der Waals surface area contributed by atoms with E-state index in [1.54, 1.807) is 23.6 Å². The molecule has 1 aromatic carbocycles. The first-order chi connectivity index (χ1) is 13.4. The molecule has 28 heavy (non-hydrogen) atoms. The van der Waals surface area contributed by atoms with Gasteiger partial charge in [-0.25, -0.2) is 17.5 Å². The summed E-state index contributed by atoms with van der Waals surface area (Å²) in [4.78, 5) is 16.3. The number of anilines is 1. The van der Waals surface area contributed by atoms with Crippen LogP contribution < -0.4 is 14.9 Å². The average molecular weight is 427 g/mol. The zero-order valence-electron chi connectivity index (χ0n) is 15.3. The quantitative estimate of drug-likeness (QED) is 0.661. The van der Waals surface area contributed by atoms with E-state index in [-0.39, 0.29) is 22.5 Å². The normalized spacial score (nSPS) is 15.5. The van der Waals surface area contributed by atoms with Crippen LogP contribution in [-0.2, 0) is 14.8 Å². The number of nitrogens with zero attached hydrogens (tertiary/aromatic N) is 2. The number of amides is 1. The van der Waals surface area contributed by atoms with E-state index in [1.165, 1.54) is 18.2 Å². The Morgan fingerprint density at radius 1 is 1.11 bits per heavy atom. The molecule has 0 radical (unpaired) electrons. The fourth-order valence-electron chi connectivity index (χ4n) is 2.95. The Kier molecular flexibility index (Phi) is 7.00. The molecule has 152 valence electrons. The first-order valence-electron chi connectivity index (χ1n) is 8.97. The van der Waals surface area contributed by atoms with Crippen molar-refractivity contribution in [2.24, 2.45) is 0 Å². The highest BCUT2D eigenvalue weighted by atomic mass is 32.2. The van der Waals surface area contributed by atoms with E-state index in [2.05, 4.69) is 19.8 Å². The molecule has 2 heterocycles. The molecule has 0 unspecified atom stereocenters. The first-order valence-corrected chi connectivity index (χ1v) is 11.3. The third kappa shape index (κ3) is 5.74. The topological polar surface area (TPSA) is 81.7 Å². The van der Waals surface area contributed by atoms with Crippen LogP contribution in [0.25, 0.3) is 0 Å². The highest BCUT2D eigenvalue weighted by molar-refractivity contribution is 7.91. The number of hydrogen-bond acceptors (Lipinski definition) is 6. The molecule has 1 aromatic heterocycles. The Morgan fingerprint density at radius 3 is 2.46 bits per heavy atom. The number of benzene rings is 1. The Bertz CT molecular complexity index is 865. The standard InChI is InChI=1S/C18H23FN4O3S2/c19-15-3-5-16(6-4-15)23-11-9-22(10-12-23)8-7-20-17(24)14-21-28(25,26)18-2-1-13-27-18/h1-6,13,21H,7-12,14H2,(H,20,24). The number of halogens is 1. The number of carbonyl (C=O) groups is 1. The summed E-state index contributed by atoms with van der Waals surface area (Å²) in [7, 11) is -3.62. The van der Waals surface area contributed by atoms with Crippen LogP contribution >= 0.6 is 11.3 Å². The van der Waals surface area contributed by atoms with Crippen LogP contribution in [0.5, 0.6) is 0 Å². The Labute approximate surface area is 168 Å². The van der Waals surface area contributed by atoms with E-state index in [1.807, 2.05) is 0 Å². The van der Waals surface area contributed by atoms with Crippen molar-refractivity contribution in [1.82, 2.24) is 14.9 Å². The van der Waals surface area contributed by atoms with E-state index < -0.39 is 10.0 Å². The summed E-state index contributed by atoms with van der Waals surface area (Å²) in [5, 5.41) is 4.41. The van der Waals surface area contributed by atoms with Gasteiger partial charge in [-0.3, -0.25) is 9.69 Å². The Balaban J connectivity index is 1.33. The number of rotatable bonds is 8. The molecular formula is C18H23FN4O3S2. The lowest BCUT2D eigenvalue weighted by molar-refractivity contribution is -0.120. The Hall–Kier alpha value is -2.01. The van der Waals surface area contributed by atoms with Gasteiger partial charge in [0.15, 0.2) is 0 Å². The molecule has 1 saturated heterocycles. The van der Waals surface area contributed by atoms with Gasteiger partial charge in [0.1, 0.15) is 10.0 Å². The highest BCUT2D eigenvalue weighted by Crippen LogP contribution is 2.17. The molecule has 2 aromatic rings. The van der Waals surface area contributed by atoms with Crippen LogP contribution in [0.1, 0.15) is 0 Å². The van der Waals surface area contributed by atoms with Crippen LogP contribution in [0, 0.1) is 5.82 Å². The molecular weight excluding hydrogens is 403 g/mol. The molecule has 0 saturated carbocycles. The monoisotopic (exact) mass is 426 g/mol. The maximum atomic E-state index is 13.0. The van der Waals surface area contributed by atoms with Gasteiger partial charge in [-0.15, -0.1) is 11.3 Å². The van der Waals surface area contributed by atoms with Crippen molar-refractivity contribution < 1.29 is 17.6 Å². The SMILES string of the molecule is O=C(CNS(=O)(=O)c1cccs1)NCCN1CCN(c2ccc(F)cc2)CC1. The minimum Gasteiger partial charge on any atom is -0.369 e. The van der Waals surface area contributed by atoms with Crippen LogP contribution in [-0.4, -0.2) is 65.0 Å². The van der Waals surface area contributed by atoms with E-state index in [9.17, 15) is 17.6 Å². The van der Waals surface area contributed by atoms with Gasteiger partial charge >= 0.3 is 0 Å². The Morgan fingerprint density at radius 2 is 1.82 bits per heavy atom. The second-order valence-corrected chi connectivity index (χ2v) is 9.35. The summed E-state index contributed by atoms with van der Waals surface area (Å²) < 4.78 is 39.5. The molecule has 10 heteroatoms. The number of thiophene rings is 1. The van der Waals surface area contributed by atoms with E-state index >= 15 is 0 Å². The minimum absolute atomic E-state index is 0.194. The lowest BCUT2D eigenvalue weighted by Gasteiger charge is -2.36. The van der Waals surface area contributed by atoms with Crippen LogP contribution in [0.15, 0.2) is 46.0 Å². The number of carbonyl (C=O) groups excluding carboxylic acids is 1. The summed E-state index contributed by atoms with van der Waals surface area (Å²) in [5.74, 6) is -0.596. The number of sulfonamides is 1. The third-order valence-corrected chi connectivity index (χ3v) is 7.30. The van der Waals surface area contributed by atoms with Crippen molar-refractivity contribution in [2.45, 2.75) is 4.21 Å². The second-order valence-electron chi connectivity index (χ2n) is 6.41. The zero-order valence-corrected chi connectivity index (χ0v) is 16.9. The molecule has 2 N–H and O–H groups in total. The van der Waals surface area contributed by atoms with E-state index in [0.29, 0.717) is 13.1 Å². The van der Waals surface area contributed by atoms with Crippen LogP contribution in [0.4, 0.5) is 10.1 Å². The maximum absolute atomic E-state index is 13.0. The van der Waals surface area contributed by atoms with Crippen molar-refractivity contribution in [3.05, 3.63) is 47.6 Å². The minimum atomic E-state index is -3.62. The van der Waals surface area contributed by atoms with Crippen molar-refractivity contribution in [1.29, 1.82) is 0 Å². The molecule has 0 spiro atoms. The third-order valence-electron chi connectivity index (χ3n) is 4.50. The van der Waals surface area contributed by atoms with Crippen LogP contribution in [0.2, 0.25) is 0 Å². The molecule has 1 aliphatic rings. The summed E-state index contributed by atoms with van der Waals surface area (Å²) >= 11 is 1.11. The van der Waals surface area contributed by atoms with Gasteiger partial charge < -0.3 is 10.2 Å². The van der Waals surface area contributed by atoms with E-state index in [4.69, 9.17) is 0 Å². The predicted octanol–water partition coefficient (Wildman–Crippen LogP) is 1.10. The zero-order chi connectivity index (χ0) is 20.0. The largest absolute Gasteiger partial charge is 0.369 e. The number of nitrogens with one attached hydrogen (secondary N) is 2.